The van der Waals surface area contributed by atoms with Gasteiger partial charge in [-0.05, 0) is 30.5 Å². The maximum atomic E-state index is 12.6. The molecule has 0 fully saturated rings. The first-order valence-electron chi connectivity index (χ1n) is 9.29. The minimum atomic E-state index is 0.0122. The summed E-state index contributed by atoms with van der Waals surface area (Å²) in [4.78, 5) is 13.8. The van der Waals surface area contributed by atoms with Crippen molar-refractivity contribution in [3.8, 4) is 16.9 Å². The molecule has 0 saturated carbocycles. The first kappa shape index (κ1) is 17.0. The molecule has 0 spiro atoms. The molecule has 138 valence electrons. The van der Waals surface area contributed by atoms with Gasteiger partial charge in [0, 0.05) is 28.3 Å². The summed E-state index contributed by atoms with van der Waals surface area (Å²) in [6.07, 6.45) is 0.437. The smallest absolute Gasteiger partial charge is 0.226 e. The van der Waals surface area contributed by atoms with Gasteiger partial charge in [-0.3, -0.25) is 4.79 Å². The van der Waals surface area contributed by atoms with Gasteiger partial charge < -0.3 is 5.32 Å². The summed E-state index contributed by atoms with van der Waals surface area (Å²) in [5.74, 6) is 0.814. The molecule has 1 atom stereocenters. The molecule has 4 nitrogen and oxygen atoms in total. The monoisotopic (exact) mass is 385 g/mol. The number of fused-ring (bicyclic) bond motifs is 1. The maximum absolute atomic E-state index is 12.6. The third kappa shape index (κ3) is 2.84. The van der Waals surface area contributed by atoms with Crippen LogP contribution in [0, 0.1) is 6.92 Å². The van der Waals surface area contributed by atoms with Crippen LogP contribution >= 0.6 is 11.3 Å². The van der Waals surface area contributed by atoms with Crippen molar-refractivity contribution >= 4 is 23.1 Å². The van der Waals surface area contributed by atoms with Crippen LogP contribution in [0.25, 0.3) is 16.9 Å². The van der Waals surface area contributed by atoms with Gasteiger partial charge in [-0.2, -0.15) is 5.10 Å². The highest BCUT2D eigenvalue weighted by Gasteiger charge is 2.34. The molecule has 1 aliphatic heterocycles. The summed E-state index contributed by atoms with van der Waals surface area (Å²) in [6.45, 7) is 2.06. The first-order chi connectivity index (χ1) is 13.7. The van der Waals surface area contributed by atoms with E-state index in [2.05, 4.69) is 48.0 Å². The Kier molecular flexibility index (Phi) is 4.10. The van der Waals surface area contributed by atoms with Crippen LogP contribution in [0.15, 0.2) is 72.1 Å². The maximum Gasteiger partial charge on any atom is 0.226 e. The van der Waals surface area contributed by atoms with E-state index in [0.29, 0.717) is 6.42 Å². The number of nitrogens with one attached hydrogen (secondary N) is 1. The Morgan fingerprint density at radius 3 is 2.54 bits per heavy atom. The van der Waals surface area contributed by atoms with Gasteiger partial charge in [0.15, 0.2) is 0 Å². The molecule has 28 heavy (non-hydrogen) atoms. The number of carbonyl (C=O) groups is 1. The average Bonchev–Trinajstić information content (AvgIpc) is 3.37. The van der Waals surface area contributed by atoms with Crippen LogP contribution < -0.4 is 5.32 Å². The number of hydrogen-bond acceptors (Lipinski definition) is 3. The fraction of sp³-hybridized carbons (Fsp3) is 0.130. The SMILES string of the molecule is Cc1ccc(-n2nc(-c3ccccc3)c3c2NC(=O)C[C@@H]3c2cccs2)cc1. The number of anilines is 1. The highest BCUT2D eigenvalue weighted by molar-refractivity contribution is 7.10. The van der Waals surface area contributed by atoms with E-state index in [-0.39, 0.29) is 11.8 Å². The number of aryl methyl sites for hydroxylation is 1. The molecular weight excluding hydrogens is 366 g/mol. The van der Waals surface area contributed by atoms with Crippen molar-refractivity contribution in [2.75, 3.05) is 5.32 Å². The molecule has 3 heterocycles. The lowest BCUT2D eigenvalue weighted by molar-refractivity contribution is -0.116. The zero-order chi connectivity index (χ0) is 19.1. The predicted octanol–water partition coefficient (Wildman–Crippen LogP) is 5.38. The Bertz CT molecular complexity index is 1130. The van der Waals surface area contributed by atoms with E-state index < -0.39 is 0 Å². The van der Waals surface area contributed by atoms with Crippen LogP contribution in [0.1, 0.15) is 28.3 Å². The number of benzene rings is 2. The molecule has 0 saturated heterocycles. The van der Waals surface area contributed by atoms with Gasteiger partial charge in [-0.15, -0.1) is 11.3 Å². The van der Waals surface area contributed by atoms with Crippen LogP contribution in [0.4, 0.5) is 5.82 Å². The van der Waals surface area contributed by atoms with Crippen LogP contribution in [0.2, 0.25) is 0 Å². The van der Waals surface area contributed by atoms with E-state index >= 15 is 0 Å². The van der Waals surface area contributed by atoms with Crippen molar-refractivity contribution < 1.29 is 4.79 Å². The lowest BCUT2D eigenvalue weighted by Gasteiger charge is -2.23. The lowest BCUT2D eigenvalue weighted by atomic mass is 9.88. The third-order valence-corrected chi connectivity index (χ3v) is 6.12. The topological polar surface area (TPSA) is 46.9 Å². The van der Waals surface area contributed by atoms with E-state index in [1.54, 1.807) is 11.3 Å². The van der Waals surface area contributed by atoms with Gasteiger partial charge in [-0.1, -0.05) is 54.1 Å². The quantitative estimate of drug-likeness (QED) is 0.514. The molecule has 2 aromatic carbocycles. The van der Waals surface area contributed by atoms with Gasteiger partial charge in [0.25, 0.3) is 0 Å². The predicted molar refractivity (Wildman–Crippen MR) is 113 cm³/mol. The number of thiophene rings is 1. The molecule has 2 aromatic heterocycles. The molecule has 0 unspecified atom stereocenters. The standard InChI is InChI=1S/C23H19N3OS/c1-15-9-11-17(12-10-15)26-23-21(22(25-26)16-6-3-2-4-7-16)18(14-20(27)24-23)19-8-5-13-28-19/h2-13,18H,14H2,1H3,(H,24,27)/t18-/m1/s1. The molecule has 1 aliphatic rings. The molecule has 4 aromatic rings. The van der Waals surface area contributed by atoms with E-state index in [9.17, 15) is 4.79 Å². The van der Waals surface area contributed by atoms with Crippen LogP contribution in [0.3, 0.4) is 0 Å². The molecule has 1 amide bonds. The van der Waals surface area contributed by atoms with Gasteiger partial charge >= 0.3 is 0 Å². The normalized spacial score (nSPS) is 15.9. The summed E-state index contributed by atoms with van der Waals surface area (Å²) < 4.78 is 1.87. The number of amides is 1. The van der Waals surface area contributed by atoms with Crippen molar-refractivity contribution in [1.82, 2.24) is 9.78 Å². The number of rotatable bonds is 3. The fourth-order valence-corrected chi connectivity index (χ4v) is 4.60. The van der Waals surface area contributed by atoms with Gasteiger partial charge in [0.05, 0.1) is 11.4 Å². The van der Waals surface area contributed by atoms with Crippen molar-refractivity contribution in [2.24, 2.45) is 0 Å². The zero-order valence-corrected chi connectivity index (χ0v) is 16.2. The molecule has 5 rings (SSSR count). The van der Waals surface area contributed by atoms with Crippen molar-refractivity contribution in [1.29, 1.82) is 0 Å². The Hall–Kier alpha value is -3.18. The van der Waals surface area contributed by atoms with Crippen molar-refractivity contribution in [3.63, 3.8) is 0 Å². The van der Waals surface area contributed by atoms with Gasteiger partial charge in [0.2, 0.25) is 5.91 Å². The van der Waals surface area contributed by atoms with E-state index in [0.717, 1.165) is 28.3 Å². The number of nitrogens with zero attached hydrogens (tertiary/aromatic N) is 2. The highest BCUT2D eigenvalue weighted by Crippen LogP contribution is 2.44. The largest absolute Gasteiger partial charge is 0.310 e. The number of carbonyl (C=O) groups excluding carboxylic acids is 1. The van der Waals surface area contributed by atoms with Crippen molar-refractivity contribution in [2.45, 2.75) is 19.3 Å². The zero-order valence-electron chi connectivity index (χ0n) is 15.4. The lowest BCUT2D eigenvalue weighted by Crippen LogP contribution is -2.24. The first-order valence-corrected chi connectivity index (χ1v) is 10.2. The van der Waals surface area contributed by atoms with E-state index in [4.69, 9.17) is 5.10 Å². The second kappa shape index (κ2) is 6.77. The van der Waals surface area contributed by atoms with Gasteiger partial charge in [-0.25, -0.2) is 4.68 Å². The summed E-state index contributed by atoms with van der Waals surface area (Å²) in [5.41, 5.74) is 5.20. The number of aromatic nitrogens is 2. The van der Waals surface area contributed by atoms with E-state index in [1.807, 2.05) is 41.1 Å². The van der Waals surface area contributed by atoms with Crippen LogP contribution in [-0.2, 0) is 4.79 Å². The molecule has 5 heteroatoms. The Morgan fingerprint density at radius 2 is 1.82 bits per heavy atom. The average molecular weight is 385 g/mol. The molecule has 1 N–H and O–H groups in total. The fourth-order valence-electron chi connectivity index (χ4n) is 3.77. The second-order valence-corrected chi connectivity index (χ2v) is 8.02. The summed E-state index contributed by atoms with van der Waals surface area (Å²) in [6, 6.07) is 22.5. The summed E-state index contributed by atoms with van der Waals surface area (Å²) in [5, 5.41) is 10.1. The number of hydrogen-bond donors (Lipinski definition) is 1. The summed E-state index contributed by atoms with van der Waals surface area (Å²) >= 11 is 1.69. The molecule has 0 radical (unpaired) electrons. The highest BCUT2D eigenvalue weighted by atomic mass is 32.1. The molecule has 0 aliphatic carbocycles. The minimum absolute atomic E-state index is 0.0122. The van der Waals surface area contributed by atoms with Crippen LogP contribution in [-0.4, -0.2) is 15.7 Å². The van der Waals surface area contributed by atoms with Crippen molar-refractivity contribution in [3.05, 3.63) is 88.1 Å². The Morgan fingerprint density at radius 1 is 1.04 bits per heavy atom. The third-order valence-electron chi connectivity index (χ3n) is 5.13. The Balaban J connectivity index is 1.77. The van der Waals surface area contributed by atoms with Crippen LogP contribution in [0.5, 0.6) is 0 Å². The molecular formula is C23H19N3OS. The van der Waals surface area contributed by atoms with Gasteiger partial charge in [0.1, 0.15) is 5.82 Å². The minimum Gasteiger partial charge on any atom is -0.310 e. The second-order valence-electron chi connectivity index (χ2n) is 7.04. The van der Waals surface area contributed by atoms with E-state index in [1.165, 1.54) is 10.4 Å². The molecule has 0 bridgehead atoms. The Labute approximate surface area is 167 Å². The summed E-state index contributed by atoms with van der Waals surface area (Å²) in [7, 11) is 0.